The van der Waals surface area contributed by atoms with Gasteiger partial charge in [-0.25, -0.2) is 0 Å². The molecule has 0 amide bonds. The summed E-state index contributed by atoms with van der Waals surface area (Å²) in [6.07, 6.45) is 5.19. The predicted octanol–water partition coefficient (Wildman–Crippen LogP) is 6.48. The second-order valence-corrected chi connectivity index (χ2v) is 12.0. The number of phenolic OH excluding ortho intramolecular Hbond substituents is 1. The third-order valence-corrected chi connectivity index (χ3v) is 7.72. The Morgan fingerprint density at radius 3 is 2.37 bits per heavy atom. The van der Waals surface area contributed by atoms with Gasteiger partial charge in [0, 0.05) is 29.1 Å². The molecule has 5 heteroatoms. The second kappa shape index (κ2) is 12.1. The van der Waals surface area contributed by atoms with E-state index in [1.165, 1.54) is 16.7 Å². The van der Waals surface area contributed by atoms with E-state index in [9.17, 15) is 5.11 Å². The van der Waals surface area contributed by atoms with Crippen molar-refractivity contribution >= 4 is 12.6 Å². The molecule has 1 atom stereocenters. The van der Waals surface area contributed by atoms with Crippen molar-refractivity contribution in [1.29, 1.82) is 0 Å². The molecule has 0 spiro atoms. The van der Waals surface area contributed by atoms with Gasteiger partial charge in [-0.3, -0.25) is 0 Å². The van der Waals surface area contributed by atoms with Crippen LogP contribution in [-0.2, 0) is 18.4 Å². The van der Waals surface area contributed by atoms with Crippen LogP contribution in [0.2, 0.25) is 0 Å². The Kier molecular flexibility index (Phi) is 8.91. The van der Waals surface area contributed by atoms with E-state index >= 15 is 0 Å². The summed E-state index contributed by atoms with van der Waals surface area (Å²) in [6, 6.07) is 26.3. The van der Waals surface area contributed by atoms with Crippen molar-refractivity contribution in [3.63, 3.8) is 0 Å². The van der Waals surface area contributed by atoms with Crippen molar-refractivity contribution in [2.45, 2.75) is 56.9 Å². The van der Waals surface area contributed by atoms with Crippen LogP contribution in [0, 0.1) is 5.41 Å². The van der Waals surface area contributed by atoms with E-state index in [1.54, 1.807) is 12.1 Å². The first-order valence-corrected chi connectivity index (χ1v) is 13.8. The van der Waals surface area contributed by atoms with E-state index in [-0.39, 0.29) is 10.8 Å². The van der Waals surface area contributed by atoms with Crippen LogP contribution in [-0.4, -0.2) is 18.2 Å². The summed E-state index contributed by atoms with van der Waals surface area (Å²) in [7, 11) is 0. The molecule has 3 aromatic rings. The highest BCUT2D eigenvalue weighted by atomic mass is 32.1. The second-order valence-electron chi connectivity index (χ2n) is 11.5. The number of rotatable bonds is 5. The Morgan fingerprint density at radius 1 is 0.974 bits per heavy atom. The minimum Gasteiger partial charge on any atom is -0.508 e. The molecule has 1 heterocycles. The quantitative estimate of drug-likeness (QED) is 0.246. The summed E-state index contributed by atoms with van der Waals surface area (Å²) in [4.78, 5) is 1.03. The summed E-state index contributed by atoms with van der Waals surface area (Å²) in [5, 5.41) is 16.7. The van der Waals surface area contributed by atoms with Crippen LogP contribution < -0.4 is 16.4 Å². The molecule has 200 valence electrons. The highest BCUT2D eigenvalue weighted by molar-refractivity contribution is 7.80. The van der Waals surface area contributed by atoms with Crippen LogP contribution in [0.25, 0.3) is 0 Å². The zero-order valence-electron chi connectivity index (χ0n) is 22.8. The van der Waals surface area contributed by atoms with Crippen LogP contribution in [0.5, 0.6) is 5.75 Å². The molecule has 0 bridgehead atoms. The van der Waals surface area contributed by atoms with Gasteiger partial charge in [0.2, 0.25) is 0 Å². The molecule has 1 saturated heterocycles. The molecule has 0 radical (unpaired) electrons. The monoisotopic (exact) mass is 527 g/mol. The number of thiol groups is 1. The summed E-state index contributed by atoms with van der Waals surface area (Å²) in [5.41, 5.74) is 14.0. The van der Waals surface area contributed by atoms with Crippen molar-refractivity contribution in [1.82, 2.24) is 10.6 Å². The van der Waals surface area contributed by atoms with Crippen LogP contribution in [0.15, 0.2) is 107 Å². The number of hydrogen-bond acceptors (Lipinski definition) is 5. The number of piperidine rings is 1. The zero-order valence-corrected chi connectivity index (χ0v) is 23.7. The standard InChI is InChI=1S/C23H27N3O.C10H14S/c24-21-14-23(13-17-5-2-1-3-6-17)16-25-10-9-19(23)12-22(21)26-15-18-7-4-8-20(27)11-18;1-10(2,3)8-4-6-9(11)7-5-8/h1-8,11-12,25-27H,9-10,13-16,24H2;4-7,11H,1-3H3. The smallest absolute Gasteiger partial charge is 0.115 e. The normalized spacial score (nSPS) is 19.1. The Hall–Kier alpha value is -3.15. The molecule has 3 aromatic carbocycles. The molecule has 1 aliphatic carbocycles. The molecule has 1 aliphatic heterocycles. The van der Waals surface area contributed by atoms with Crippen LogP contribution in [0.4, 0.5) is 0 Å². The third kappa shape index (κ3) is 7.24. The van der Waals surface area contributed by atoms with Crippen molar-refractivity contribution < 1.29 is 5.11 Å². The summed E-state index contributed by atoms with van der Waals surface area (Å²) < 4.78 is 0. The Balaban J connectivity index is 0.000000257. The fourth-order valence-electron chi connectivity index (χ4n) is 5.27. The fourth-order valence-corrected chi connectivity index (χ4v) is 5.42. The molecule has 0 aromatic heterocycles. The van der Waals surface area contributed by atoms with Gasteiger partial charge in [0.05, 0.1) is 5.70 Å². The number of benzene rings is 3. The van der Waals surface area contributed by atoms with Gasteiger partial charge in [0.15, 0.2) is 0 Å². The predicted molar refractivity (Wildman–Crippen MR) is 161 cm³/mol. The maximum Gasteiger partial charge on any atom is 0.115 e. The van der Waals surface area contributed by atoms with Gasteiger partial charge >= 0.3 is 0 Å². The maximum atomic E-state index is 9.65. The van der Waals surface area contributed by atoms with Crippen LogP contribution >= 0.6 is 12.6 Å². The lowest BCUT2D eigenvalue weighted by molar-refractivity contribution is 0.280. The average Bonchev–Trinajstić information content (AvgIpc) is 2.88. The molecule has 1 unspecified atom stereocenters. The van der Waals surface area contributed by atoms with E-state index in [2.05, 4.69) is 92.6 Å². The SMILES string of the molecule is CC(C)(C)c1ccc(S)cc1.NC1=C(NCc2cccc(O)c2)C=C2CCNCC2(Cc2ccccc2)C1. The Bertz CT molecular complexity index is 1280. The first kappa shape index (κ1) is 27.9. The Morgan fingerprint density at radius 2 is 1.68 bits per heavy atom. The molecular weight excluding hydrogens is 486 g/mol. The lowest BCUT2D eigenvalue weighted by atomic mass is 9.66. The summed E-state index contributed by atoms with van der Waals surface area (Å²) in [5.74, 6) is 0.290. The summed E-state index contributed by atoms with van der Waals surface area (Å²) in [6.45, 7) is 9.26. The largest absolute Gasteiger partial charge is 0.508 e. The number of fused-ring (bicyclic) bond motifs is 1. The van der Waals surface area contributed by atoms with Crippen molar-refractivity contribution in [2.75, 3.05) is 13.1 Å². The van der Waals surface area contributed by atoms with Crippen LogP contribution in [0.1, 0.15) is 50.3 Å². The molecule has 5 rings (SSSR count). The van der Waals surface area contributed by atoms with Gasteiger partial charge in [0.1, 0.15) is 5.75 Å². The number of nitrogens with one attached hydrogen (secondary N) is 2. The van der Waals surface area contributed by atoms with Crippen molar-refractivity contribution in [2.24, 2.45) is 11.1 Å². The minimum absolute atomic E-state index is 0.0693. The third-order valence-electron chi connectivity index (χ3n) is 7.42. The van der Waals surface area contributed by atoms with E-state index < -0.39 is 0 Å². The number of phenols is 1. The topological polar surface area (TPSA) is 70.3 Å². The lowest BCUT2D eigenvalue weighted by Crippen LogP contribution is -2.46. The van der Waals surface area contributed by atoms with E-state index in [0.717, 1.165) is 54.2 Å². The number of aromatic hydroxyl groups is 1. The zero-order chi connectivity index (χ0) is 27.2. The van der Waals surface area contributed by atoms with E-state index in [1.807, 2.05) is 24.3 Å². The molecule has 2 aliphatic rings. The Labute approximate surface area is 233 Å². The van der Waals surface area contributed by atoms with E-state index in [4.69, 9.17) is 5.73 Å². The van der Waals surface area contributed by atoms with Crippen molar-refractivity contribution in [3.05, 3.63) is 119 Å². The van der Waals surface area contributed by atoms with Gasteiger partial charge in [-0.05, 0) is 78.3 Å². The van der Waals surface area contributed by atoms with Crippen molar-refractivity contribution in [3.8, 4) is 5.75 Å². The first-order valence-electron chi connectivity index (χ1n) is 13.4. The number of nitrogens with two attached hydrogens (primary N) is 1. The summed E-state index contributed by atoms with van der Waals surface area (Å²) >= 11 is 4.23. The van der Waals surface area contributed by atoms with E-state index in [0.29, 0.717) is 12.3 Å². The lowest BCUT2D eigenvalue weighted by Gasteiger charge is -2.43. The van der Waals surface area contributed by atoms with Gasteiger partial charge in [-0.15, -0.1) is 12.6 Å². The molecular formula is C33H41N3OS. The first-order chi connectivity index (χ1) is 18.1. The number of hydrogen-bond donors (Lipinski definition) is 5. The van der Waals surface area contributed by atoms with Crippen LogP contribution in [0.3, 0.4) is 0 Å². The highest BCUT2D eigenvalue weighted by Gasteiger charge is 2.39. The fraction of sp³-hybridized carbons (Fsp3) is 0.333. The van der Waals surface area contributed by atoms with Gasteiger partial charge in [-0.1, -0.05) is 80.9 Å². The highest BCUT2D eigenvalue weighted by Crippen LogP contribution is 2.44. The van der Waals surface area contributed by atoms with Gasteiger partial charge in [-0.2, -0.15) is 0 Å². The minimum atomic E-state index is 0.0693. The molecule has 4 nitrogen and oxygen atoms in total. The molecule has 5 N–H and O–H groups in total. The molecule has 38 heavy (non-hydrogen) atoms. The number of allylic oxidation sites excluding steroid dienone is 2. The van der Waals surface area contributed by atoms with Gasteiger partial charge in [0.25, 0.3) is 0 Å². The maximum absolute atomic E-state index is 9.65. The molecule has 0 saturated carbocycles. The van der Waals surface area contributed by atoms with Gasteiger partial charge < -0.3 is 21.5 Å². The average molecular weight is 528 g/mol. The molecule has 1 fully saturated rings.